The number of rotatable bonds is 6. The molecule has 1 aromatic carbocycles. The topological polar surface area (TPSA) is 83.8 Å². The summed E-state index contributed by atoms with van der Waals surface area (Å²) in [5.74, 6) is 0.412. The molecule has 0 atom stereocenters. The highest BCUT2D eigenvalue weighted by Crippen LogP contribution is 2.21. The molecule has 0 saturated carbocycles. The lowest BCUT2D eigenvalue weighted by Gasteiger charge is -2.13. The Balaban J connectivity index is 1.93. The van der Waals surface area contributed by atoms with E-state index in [9.17, 15) is 4.79 Å². The molecular weight excluding hydrogens is 272 g/mol. The number of H-pyrrole nitrogens is 1. The number of fused-ring (bicyclic) bond motifs is 1. The standard InChI is InChI=1S/C14H20N4OS/c1-3-10(4-2)16-13(19)8-20-14-17-11-6-5-9(15)7-12(11)18-14/h5-7,10H,3-4,8,15H2,1-2H3,(H,16,19)(H,17,18). The third kappa shape index (κ3) is 3.66. The number of nitrogen functional groups attached to an aromatic ring is 1. The number of aromatic amines is 1. The molecule has 0 radical (unpaired) electrons. The summed E-state index contributed by atoms with van der Waals surface area (Å²) in [7, 11) is 0. The van der Waals surface area contributed by atoms with Gasteiger partial charge in [0.2, 0.25) is 5.91 Å². The molecule has 1 aromatic heterocycles. The summed E-state index contributed by atoms with van der Waals surface area (Å²) in [6.07, 6.45) is 1.91. The van der Waals surface area contributed by atoms with Crippen molar-refractivity contribution < 1.29 is 4.79 Å². The van der Waals surface area contributed by atoms with Crippen molar-refractivity contribution in [2.45, 2.75) is 37.9 Å². The number of imidazole rings is 1. The van der Waals surface area contributed by atoms with Gasteiger partial charge in [0.25, 0.3) is 0 Å². The van der Waals surface area contributed by atoms with E-state index in [1.165, 1.54) is 11.8 Å². The summed E-state index contributed by atoms with van der Waals surface area (Å²) in [5.41, 5.74) is 8.18. The Morgan fingerprint density at radius 1 is 1.45 bits per heavy atom. The number of hydrogen-bond acceptors (Lipinski definition) is 4. The van der Waals surface area contributed by atoms with Crippen LogP contribution in [0.2, 0.25) is 0 Å². The predicted molar refractivity (Wildman–Crippen MR) is 83.7 cm³/mol. The first-order chi connectivity index (χ1) is 9.62. The van der Waals surface area contributed by atoms with Gasteiger partial charge in [-0.1, -0.05) is 25.6 Å². The maximum Gasteiger partial charge on any atom is 0.230 e. The maximum absolute atomic E-state index is 11.8. The first-order valence-electron chi connectivity index (χ1n) is 6.79. The van der Waals surface area contributed by atoms with Crippen LogP contribution in [0.15, 0.2) is 23.4 Å². The van der Waals surface area contributed by atoms with Crippen molar-refractivity contribution in [3.8, 4) is 0 Å². The Labute approximate surface area is 122 Å². The van der Waals surface area contributed by atoms with Gasteiger partial charge in [-0.3, -0.25) is 4.79 Å². The highest BCUT2D eigenvalue weighted by molar-refractivity contribution is 7.99. The average molecular weight is 292 g/mol. The van der Waals surface area contributed by atoms with Gasteiger partial charge < -0.3 is 16.0 Å². The molecule has 0 aliphatic heterocycles. The number of amides is 1. The van der Waals surface area contributed by atoms with Crippen LogP contribution >= 0.6 is 11.8 Å². The van der Waals surface area contributed by atoms with Gasteiger partial charge >= 0.3 is 0 Å². The zero-order valence-electron chi connectivity index (χ0n) is 11.8. The van der Waals surface area contributed by atoms with E-state index in [0.29, 0.717) is 11.4 Å². The van der Waals surface area contributed by atoms with Crippen LogP contribution in [0.5, 0.6) is 0 Å². The van der Waals surface area contributed by atoms with Crippen molar-refractivity contribution in [1.29, 1.82) is 0 Å². The van der Waals surface area contributed by atoms with Crippen LogP contribution < -0.4 is 11.1 Å². The van der Waals surface area contributed by atoms with Crippen molar-refractivity contribution in [3.05, 3.63) is 18.2 Å². The molecule has 0 aliphatic carbocycles. The van der Waals surface area contributed by atoms with E-state index in [1.807, 2.05) is 18.2 Å². The van der Waals surface area contributed by atoms with Gasteiger partial charge in [-0.05, 0) is 31.0 Å². The SMILES string of the molecule is CCC(CC)NC(=O)CSc1nc2ccc(N)cc2[nH]1. The van der Waals surface area contributed by atoms with Gasteiger partial charge in [0.1, 0.15) is 0 Å². The van der Waals surface area contributed by atoms with Crippen LogP contribution in [0.1, 0.15) is 26.7 Å². The van der Waals surface area contributed by atoms with Crippen molar-refractivity contribution in [3.63, 3.8) is 0 Å². The zero-order chi connectivity index (χ0) is 14.5. The molecule has 20 heavy (non-hydrogen) atoms. The fourth-order valence-electron chi connectivity index (χ4n) is 1.97. The third-order valence-corrected chi connectivity index (χ3v) is 4.05. The summed E-state index contributed by atoms with van der Waals surface area (Å²) < 4.78 is 0. The molecule has 0 aliphatic rings. The first kappa shape index (κ1) is 14.7. The molecule has 108 valence electrons. The largest absolute Gasteiger partial charge is 0.399 e. The molecule has 0 spiro atoms. The van der Waals surface area contributed by atoms with Crippen LogP contribution in [-0.4, -0.2) is 27.7 Å². The highest BCUT2D eigenvalue weighted by atomic mass is 32.2. The first-order valence-corrected chi connectivity index (χ1v) is 7.78. The zero-order valence-corrected chi connectivity index (χ0v) is 12.6. The van der Waals surface area contributed by atoms with Crippen molar-refractivity contribution >= 4 is 34.4 Å². The quantitative estimate of drug-likeness (QED) is 0.564. The van der Waals surface area contributed by atoms with Crippen molar-refractivity contribution in [1.82, 2.24) is 15.3 Å². The van der Waals surface area contributed by atoms with Gasteiger partial charge in [-0.25, -0.2) is 4.98 Å². The lowest BCUT2D eigenvalue weighted by atomic mass is 10.2. The summed E-state index contributed by atoms with van der Waals surface area (Å²) in [6.45, 7) is 4.15. The Morgan fingerprint density at radius 2 is 2.20 bits per heavy atom. The fourth-order valence-corrected chi connectivity index (χ4v) is 2.66. The van der Waals surface area contributed by atoms with E-state index in [4.69, 9.17) is 5.73 Å². The summed E-state index contributed by atoms with van der Waals surface area (Å²) in [6, 6.07) is 5.79. The predicted octanol–water partition coefficient (Wildman–Crippen LogP) is 2.54. The second kappa shape index (κ2) is 6.65. The van der Waals surface area contributed by atoms with E-state index in [2.05, 4.69) is 29.1 Å². The number of hydrogen-bond donors (Lipinski definition) is 3. The lowest BCUT2D eigenvalue weighted by Crippen LogP contribution is -2.35. The molecule has 2 aromatic rings. The third-order valence-electron chi connectivity index (χ3n) is 3.17. The van der Waals surface area contributed by atoms with E-state index in [0.717, 1.165) is 29.0 Å². The molecule has 0 saturated heterocycles. The number of carbonyl (C=O) groups excluding carboxylic acids is 1. The van der Waals surface area contributed by atoms with Gasteiger partial charge in [0.15, 0.2) is 5.16 Å². The normalized spacial score (nSPS) is 11.2. The number of aromatic nitrogens is 2. The molecule has 1 amide bonds. The Morgan fingerprint density at radius 3 is 2.90 bits per heavy atom. The minimum atomic E-state index is 0.0451. The molecule has 0 bridgehead atoms. The number of carbonyl (C=O) groups is 1. The van der Waals surface area contributed by atoms with E-state index in [1.54, 1.807) is 0 Å². The Bertz CT molecular complexity index is 592. The number of nitrogens with one attached hydrogen (secondary N) is 2. The second-order valence-electron chi connectivity index (χ2n) is 4.69. The minimum absolute atomic E-state index is 0.0451. The molecular formula is C14H20N4OS. The minimum Gasteiger partial charge on any atom is -0.399 e. The van der Waals surface area contributed by atoms with Gasteiger partial charge in [-0.2, -0.15) is 0 Å². The number of thioether (sulfide) groups is 1. The molecule has 4 N–H and O–H groups in total. The summed E-state index contributed by atoms with van der Waals surface area (Å²) in [5, 5.41) is 3.75. The van der Waals surface area contributed by atoms with Crippen LogP contribution in [0.4, 0.5) is 5.69 Å². The molecule has 6 heteroatoms. The molecule has 5 nitrogen and oxygen atoms in total. The smallest absolute Gasteiger partial charge is 0.230 e. The van der Waals surface area contributed by atoms with E-state index in [-0.39, 0.29) is 11.9 Å². The fraction of sp³-hybridized carbons (Fsp3) is 0.429. The number of benzene rings is 1. The maximum atomic E-state index is 11.8. The molecule has 0 fully saturated rings. The van der Waals surface area contributed by atoms with Gasteiger partial charge in [0, 0.05) is 11.7 Å². The van der Waals surface area contributed by atoms with Crippen LogP contribution in [0.25, 0.3) is 11.0 Å². The van der Waals surface area contributed by atoms with E-state index < -0.39 is 0 Å². The Kier molecular flexibility index (Phi) is 4.89. The van der Waals surface area contributed by atoms with Crippen molar-refractivity contribution in [2.75, 3.05) is 11.5 Å². The van der Waals surface area contributed by atoms with Gasteiger partial charge in [0.05, 0.1) is 16.8 Å². The molecule has 2 rings (SSSR count). The molecule has 0 unspecified atom stereocenters. The Hall–Kier alpha value is -1.69. The van der Waals surface area contributed by atoms with E-state index >= 15 is 0 Å². The average Bonchev–Trinajstić information content (AvgIpc) is 2.84. The summed E-state index contributed by atoms with van der Waals surface area (Å²) >= 11 is 1.40. The van der Waals surface area contributed by atoms with Gasteiger partial charge in [-0.15, -0.1) is 0 Å². The number of nitrogens with zero attached hydrogens (tertiary/aromatic N) is 1. The van der Waals surface area contributed by atoms with Crippen LogP contribution in [0, 0.1) is 0 Å². The monoisotopic (exact) mass is 292 g/mol. The second-order valence-corrected chi connectivity index (χ2v) is 5.65. The van der Waals surface area contributed by atoms with Crippen LogP contribution in [-0.2, 0) is 4.79 Å². The number of anilines is 1. The van der Waals surface area contributed by atoms with Crippen molar-refractivity contribution in [2.24, 2.45) is 0 Å². The highest BCUT2D eigenvalue weighted by Gasteiger charge is 2.10. The van der Waals surface area contributed by atoms with Crippen LogP contribution in [0.3, 0.4) is 0 Å². The lowest BCUT2D eigenvalue weighted by molar-refractivity contribution is -0.119. The summed E-state index contributed by atoms with van der Waals surface area (Å²) in [4.78, 5) is 19.4. The number of nitrogens with two attached hydrogens (primary N) is 1. The molecule has 1 heterocycles.